The van der Waals surface area contributed by atoms with Crippen molar-refractivity contribution in [2.75, 3.05) is 20.1 Å². The van der Waals surface area contributed by atoms with Crippen LogP contribution in [0.4, 0.5) is 0 Å². The number of nitrogens with one attached hydrogen (secondary N) is 1. The summed E-state index contributed by atoms with van der Waals surface area (Å²) >= 11 is 0. The van der Waals surface area contributed by atoms with E-state index in [0.29, 0.717) is 19.4 Å². The summed E-state index contributed by atoms with van der Waals surface area (Å²) in [7, 11) is 1.55. The summed E-state index contributed by atoms with van der Waals surface area (Å²) in [5, 5.41) is 14.4. The van der Waals surface area contributed by atoms with Crippen molar-refractivity contribution in [3.05, 3.63) is 0 Å². The van der Waals surface area contributed by atoms with E-state index in [-0.39, 0.29) is 24.2 Å². The van der Waals surface area contributed by atoms with Crippen molar-refractivity contribution < 1.29 is 14.8 Å². The molecule has 0 heterocycles. The molecule has 0 saturated heterocycles. The molecule has 1 aliphatic carbocycles. The number of likely N-dealkylation sites (N-methyl/N-ethyl adjacent to an activating group) is 1. The minimum absolute atomic E-state index is 0.0146. The highest BCUT2D eigenvalue weighted by Gasteiger charge is 2.49. The van der Waals surface area contributed by atoms with Gasteiger partial charge in [0.1, 0.15) is 5.41 Å². The van der Waals surface area contributed by atoms with Crippen molar-refractivity contribution in [3.8, 4) is 0 Å². The number of amidine groups is 1. The summed E-state index contributed by atoms with van der Waals surface area (Å²) in [5.74, 6) is -0.531. The van der Waals surface area contributed by atoms with Crippen LogP contribution in [0.25, 0.3) is 0 Å². The minimum atomic E-state index is -0.922. The fourth-order valence-electron chi connectivity index (χ4n) is 2.18. The third kappa shape index (κ3) is 3.15. The standard InChI is InChI=1S/C12H22N4O3/c1-3-7-14-9(17)8-16(2)11(18)12(5-4-6-12)10(13)15-19/h19H,3-8H2,1-2H3,(H2,13,15)(H,14,17). The molecule has 7 heteroatoms. The average Bonchev–Trinajstić information content (AvgIpc) is 2.34. The van der Waals surface area contributed by atoms with Crippen molar-refractivity contribution in [1.29, 1.82) is 0 Å². The molecule has 0 atom stereocenters. The van der Waals surface area contributed by atoms with E-state index in [9.17, 15) is 9.59 Å². The zero-order valence-electron chi connectivity index (χ0n) is 11.5. The molecule has 7 nitrogen and oxygen atoms in total. The maximum absolute atomic E-state index is 12.3. The Morgan fingerprint density at radius 3 is 2.53 bits per heavy atom. The van der Waals surface area contributed by atoms with Gasteiger partial charge in [-0.25, -0.2) is 0 Å². The predicted octanol–water partition coefficient (Wildman–Crippen LogP) is -0.112. The van der Waals surface area contributed by atoms with E-state index >= 15 is 0 Å². The van der Waals surface area contributed by atoms with Gasteiger partial charge in [0.25, 0.3) is 0 Å². The van der Waals surface area contributed by atoms with Gasteiger partial charge in [-0.05, 0) is 19.3 Å². The van der Waals surface area contributed by atoms with E-state index in [1.807, 2.05) is 6.92 Å². The third-order valence-electron chi connectivity index (χ3n) is 3.51. The van der Waals surface area contributed by atoms with E-state index in [2.05, 4.69) is 10.5 Å². The maximum Gasteiger partial charge on any atom is 0.239 e. The number of carbonyl (C=O) groups is 2. The van der Waals surface area contributed by atoms with Crippen LogP contribution < -0.4 is 11.1 Å². The van der Waals surface area contributed by atoms with Crippen molar-refractivity contribution in [1.82, 2.24) is 10.2 Å². The van der Waals surface area contributed by atoms with Gasteiger partial charge in [0, 0.05) is 13.6 Å². The van der Waals surface area contributed by atoms with Crippen LogP contribution in [0, 0.1) is 5.41 Å². The third-order valence-corrected chi connectivity index (χ3v) is 3.51. The number of carbonyl (C=O) groups excluding carboxylic acids is 2. The highest BCUT2D eigenvalue weighted by molar-refractivity contribution is 6.08. The Balaban J connectivity index is 2.63. The molecule has 108 valence electrons. The Hall–Kier alpha value is -1.79. The molecule has 1 fully saturated rings. The summed E-state index contributed by atoms with van der Waals surface area (Å²) in [6.45, 7) is 2.53. The summed E-state index contributed by atoms with van der Waals surface area (Å²) in [4.78, 5) is 25.2. The molecule has 0 unspecified atom stereocenters. The Morgan fingerprint density at radius 2 is 2.11 bits per heavy atom. The first-order valence-electron chi connectivity index (χ1n) is 6.48. The first-order chi connectivity index (χ1) is 8.97. The monoisotopic (exact) mass is 270 g/mol. The summed E-state index contributed by atoms with van der Waals surface area (Å²) in [6.07, 6.45) is 2.82. The number of hydrogen-bond donors (Lipinski definition) is 3. The van der Waals surface area contributed by atoms with Crippen molar-refractivity contribution >= 4 is 17.6 Å². The van der Waals surface area contributed by atoms with Crippen LogP contribution in [0.15, 0.2) is 5.16 Å². The molecule has 0 radical (unpaired) electrons. The first-order valence-corrected chi connectivity index (χ1v) is 6.48. The van der Waals surface area contributed by atoms with Crippen LogP contribution in [0.1, 0.15) is 32.6 Å². The molecule has 0 aliphatic heterocycles. The van der Waals surface area contributed by atoms with Crippen LogP contribution >= 0.6 is 0 Å². The molecular formula is C12H22N4O3. The van der Waals surface area contributed by atoms with E-state index in [4.69, 9.17) is 10.9 Å². The van der Waals surface area contributed by atoms with Gasteiger partial charge in [-0.3, -0.25) is 9.59 Å². The SMILES string of the molecule is CCCNC(=O)CN(C)C(=O)C1(C(N)=NO)CCC1. The average molecular weight is 270 g/mol. The maximum atomic E-state index is 12.3. The highest BCUT2D eigenvalue weighted by Crippen LogP contribution is 2.42. The fourth-order valence-corrected chi connectivity index (χ4v) is 2.18. The number of rotatable bonds is 6. The van der Waals surface area contributed by atoms with Crippen molar-refractivity contribution in [2.24, 2.45) is 16.3 Å². The zero-order chi connectivity index (χ0) is 14.5. The Bertz CT molecular complexity index is 377. The molecule has 1 rings (SSSR count). The van der Waals surface area contributed by atoms with Crippen LogP contribution in [0.3, 0.4) is 0 Å². The van der Waals surface area contributed by atoms with Crippen LogP contribution in [0.5, 0.6) is 0 Å². The molecule has 0 aromatic carbocycles. The Morgan fingerprint density at radius 1 is 1.47 bits per heavy atom. The van der Waals surface area contributed by atoms with Gasteiger partial charge in [-0.1, -0.05) is 18.5 Å². The second-order valence-electron chi connectivity index (χ2n) is 4.93. The van der Waals surface area contributed by atoms with Crippen LogP contribution in [-0.2, 0) is 9.59 Å². The number of nitrogens with two attached hydrogens (primary N) is 1. The Labute approximate surface area is 112 Å². The van der Waals surface area contributed by atoms with Crippen LogP contribution in [-0.4, -0.2) is 47.9 Å². The second-order valence-corrected chi connectivity index (χ2v) is 4.93. The summed E-state index contributed by atoms with van der Waals surface area (Å²) in [6, 6.07) is 0. The first kappa shape index (κ1) is 15.3. The molecular weight excluding hydrogens is 248 g/mol. The number of hydrogen-bond acceptors (Lipinski definition) is 4. The lowest BCUT2D eigenvalue weighted by Gasteiger charge is -2.41. The van der Waals surface area contributed by atoms with E-state index in [0.717, 1.165) is 12.8 Å². The topological polar surface area (TPSA) is 108 Å². The van der Waals surface area contributed by atoms with E-state index in [1.165, 1.54) is 4.90 Å². The van der Waals surface area contributed by atoms with E-state index in [1.54, 1.807) is 7.05 Å². The molecule has 0 spiro atoms. The van der Waals surface area contributed by atoms with Crippen molar-refractivity contribution in [2.45, 2.75) is 32.6 Å². The number of nitrogens with zero attached hydrogens (tertiary/aromatic N) is 2. The van der Waals surface area contributed by atoms with Gasteiger partial charge in [0.2, 0.25) is 11.8 Å². The lowest BCUT2D eigenvalue weighted by Crippen LogP contribution is -2.55. The van der Waals surface area contributed by atoms with Crippen LogP contribution in [0.2, 0.25) is 0 Å². The zero-order valence-corrected chi connectivity index (χ0v) is 11.5. The lowest BCUT2D eigenvalue weighted by molar-refractivity contribution is -0.143. The Kier molecular flexibility index (Phi) is 5.14. The second kappa shape index (κ2) is 6.40. The fraction of sp³-hybridized carbons (Fsp3) is 0.750. The van der Waals surface area contributed by atoms with Gasteiger partial charge in [0.05, 0.1) is 6.54 Å². The quantitative estimate of drug-likeness (QED) is 0.271. The molecule has 2 amide bonds. The largest absolute Gasteiger partial charge is 0.409 e. The molecule has 1 saturated carbocycles. The normalized spacial score (nSPS) is 17.5. The number of oxime groups is 1. The smallest absolute Gasteiger partial charge is 0.239 e. The van der Waals surface area contributed by atoms with Gasteiger partial charge in [-0.2, -0.15) is 0 Å². The predicted molar refractivity (Wildman–Crippen MR) is 70.6 cm³/mol. The molecule has 0 bridgehead atoms. The minimum Gasteiger partial charge on any atom is -0.409 e. The molecule has 1 aliphatic rings. The van der Waals surface area contributed by atoms with Gasteiger partial charge in [0.15, 0.2) is 5.84 Å². The summed E-state index contributed by atoms with van der Waals surface area (Å²) < 4.78 is 0. The van der Waals surface area contributed by atoms with Gasteiger partial charge < -0.3 is 21.2 Å². The molecule has 19 heavy (non-hydrogen) atoms. The summed E-state index contributed by atoms with van der Waals surface area (Å²) in [5.41, 5.74) is 4.69. The van der Waals surface area contributed by atoms with Gasteiger partial charge >= 0.3 is 0 Å². The van der Waals surface area contributed by atoms with Gasteiger partial charge in [-0.15, -0.1) is 0 Å². The van der Waals surface area contributed by atoms with Crippen molar-refractivity contribution in [3.63, 3.8) is 0 Å². The molecule has 0 aromatic heterocycles. The number of amides is 2. The highest BCUT2D eigenvalue weighted by atomic mass is 16.4. The molecule has 0 aromatic rings. The lowest BCUT2D eigenvalue weighted by atomic mass is 9.67. The van der Waals surface area contributed by atoms with E-state index < -0.39 is 5.41 Å². The molecule has 4 N–H and O–H groups in total.